The van der Waals surface area contributed by atoms with Crippen molar-refractivity contribution in [3.05, 3.63) is 77.9 Å². The number of benzene rings is 3. The molecule has 0 radical (unpaired) electrons. The smallest absolute Gasteiger partial charge is 0.309 e. The van der Waals surface area contributed by atoms with Crippen molar-refractivity contribution < 1.29 is 29.2 Å². The molecule has 0 amide bonds. The molecule has 4 rings (SSSR count). The molecule has 5 unspecified atom stereocenters. The second-order valence-corrected chi connectivity index (χ2v) is 9.45. The van der Waals surface area contributed by atoms with Crippen molar-refractivity contribution in [3.8, 4) is 5.75 Å². The molecule has 0 spiro atoms. The maximum atomic E-state index is 13.4. The fraction of sp³-hybridized carbons (Fsp3) is 0.414. The molecule has 0 aliphatic heterocycles. The lowest BCUT2D eigenvalue weighted by Crippen LogP contribution is -2.50. The van der Waals surface area contributed by atoms with E-state index in [2.05, 4.69) is 0 Å². The average molecular weight is 479 g/mol. The highest BCUT2D eigenvalue weighted by molar-refractivity contribution is 5.89. The number of hydrogen-bond acceptors (Lipinski definition) is 6. The number of aliphatic hydroxyl groups is 2. The van der Waals surface area contributed by atoms with Gasteiger partial charge in [0.1, 0.15) is 12.4 Å². The fourth-order valence-corrected chi connectivity index (χ4v) is 5.33. The molecule has 2 N–H and O–H groups in total. The van der Waals surface area contributed by atoms with Crippen LogP contribution in [0.5, 0.6) is 5.75 Å². The molecule has 1 saturated carbocycles. The van der Waals surface area contributed by atoms with Crippen LogP contribution in [0.3, 0.4) is 0 Å². The average Bonchev–Trinajstić information content (AvgIpc) is 2.88. The molecule has 0 heterocycles. The van der Waals surface area contributed by atoms with Gasteiger partial charge in [-0.05, 0) is 37.1 Å². The standard InChI is InChI=1S/C29H34O6/c1-19(30)29(32)16-15-23(25(17-29)28(31)35-18-20-9-5-4-6-10-20)27(34-3)24-14-13-21-11-7-8-12-22(21)26(24)33-2/h4-14,19,23,25,27,30,32H,15-18H2,1-3H3. The maximum Gasteiger partial charge on any atom is 0.309 e. The van der Waals surface area contributed by atoms with Gasteiger partial charge >= 0.3 is 5.97 Å². The lowest BCUT2D eigenvalue weighted by Gasteiger charge is -2.44. The Labute approximate surface area is 206 Å². The number of fused-ring (bicyclic) bond motifs is 1. The Morgan fingerprint density at radius 3 is 2.46 bits per heavy atom. The van der Waals surface area contributed by atoms with Crippen LogP contribution in [-0.2, 0) is 20.9 Å². The van der Waals surface area contributed by atoms with Gasteiger partial charge in [0.05, 0.1) is 30.8 Å². The van der Waals surface area contributed by atoms with E-state index in [1.807, 2.05) is 66.7 Å². The van der Waals surface area contributed by atoms with Crippen LogP contribution in [-0.4, -0.2) is 42.1 Å². The number of carbonyl (C=O) groups is 1. The molecule has 1 aliphatic rings. The molecule has 1 aliphatic carbocycles. The summed E-state index contributed by atoms with van der Waals surface area (Å²) in [5.74, 6) is -0.618. The molecule has 0 bridgehead atoms. The summed E-state index contributed by atoms with van der Waals surface area (Å²) in [6.07, 6.45) is -0.487. The third-order valence-electron chi connectivity index (χ3n) is 7.37. The van der Waals surface area contributed by atoms with Gasteiger partial charge in [0.2, 0.25) is 0 Å². The van der Waals surface area contributed by atoms with Crippen LogP contribution in [0, 0.1) is 11.8 Å². The minimum absolute atomic E-state index is 0.0959. The number of ether oxygens (including phenoxy) is 3. The Morgan fingerprint density at radius 1 is 1.06 bits per heavy atom. The molecule has 186 valence electrons. The zero-order valence-electron chi connectivity index (χ0n) is 20.5. The van der Waals surface area contributed by atoms with Gasteiger partial charge in [-0.15, -0.1) is 0 Å². The van der Waals surface area contributed by atoms with Crippen molar-refractivity contribution in [1.29, 1.82) is 0 Å². The van der Waals surface area contributed by atoms with Crippen molar-refractivity contribution in [3.63, 3.8) is 0 Å². The van der Waals surface area contributed by atoms with Gasteiger partial charge in [-0.3, -0.25) is 4.79 Å². The van der Waals surface area contributed by atoms with E-state index in [0.29, 0.717) is 18.6 Å². The zero-order valence-corrected chi connectivity index (χ0v) is 20.5. The van der Waals surface area contributed by atoms with Gasteiger partial charge in [-0.1, -0.05) is 66.7 Å². The summed E-state index contributed by atoms with van der Waals surface area (Å²) in [6, 6.07) is 21.5. The normalized spacial score (nSPS) is 24.0. The molecule has 1 fully saturated rings. The summed E-state index contributed by atoms with van der Waals surface area (Å²) in [5.41, 5.74) is 0.374. The van der Waals surface area contributed by atoms with Crippen LogP contribution in [0.15, 0.2) is 66.7 Å². The maximum absolute atomic E-state index is 13.4. The third-order valence-corrected chi connectivity index (χ3v) is 7.37. The second-order valence-electron chi connectivity index (χ2n) is 9.45. The monoisotopic (exact) mass is 478 g/mol. The van der Waals surface area contributed by atoms with E-state index >= 15 is 0 Å². The number of rotatable bonds is 8. The van der Waals surface area contributed by atoms with Gasteiger partial charge < -0.3 is 24.4 Å². The lowest BCUT2D eigenvalue weighted by molar-refractivity contribution is -0.170. The van der Waals surface area contributed by atoms with Crippen molar-refractivity contribution in [2.24, 2.45) is 11.8 Å². The summed E-state index contributed by atoms with van der Waals surface area (Å²) in [7, 11) is 3.26. The van der Waals surface area contributed by atoms with Crippen LogP contribution in [0.2, 0.25) is 0 Å². The minimum Gasteiger partial charge on any atom is -0.496 e. The second kappa shape index (κ2) is 10.8. The van der Waals surface area contributed by atoms with Gasteiger partial charge in [-0.25, -0.2) is 0 Å². The largest absolute Gasteiger partial charge is 0.496 e. The highest BCUT2D eigenvalue weighted by Gasteiger charge is 2.49. The topological polar surface area (TPSA) is 85.2 Å². The number of hydrogen-bond donors (Lipinski definition) is 2. The molecule has 3 aromatic carbocycles. The van der Waals surface area contributed by atoms with E-state index < -0.39 is 29.7 Å². The molecule has 6 nitrogen and oxygen atoms in total. The lowest BCUT2D eigenvalue weighted by atomic mass is 9.67. The van der Waals surface area contributed by atoms with Gasteiger partial charge in [-0.2, -0.15) is 0 Å². The Bertz CT molecular complexity index is 1140. The molecule has 6 heteroatoms. The molecule has 0 aromatic heterocycles. The van der Waals surface area contributed by atoms with E-state index in [1.54, 1.807) is 21.1 Å². The molecular weight excluding hydrogens is 444 g/mol. The first-order valence-electron chi connectivity index (χ1n) is 12.1. The van der Waals surface area contributed by atoms with E-state index in [1.165, 1.54) is 0 Å². The van der Waals surface area contributed by atoms with Crippen LogP contribution in [0.25, 0.3) is 10.8 Å². The fourth-order valence-electron chi connectivity index (χ4n) is 5.33. The number of esters is 1. The molecule has 5 atom stereocenters. The third kappa shape index (κ3) is 5.20. The SMILES string of the molecule is COc1c(C(OC)C2CCC(O)(C(C)O)CC2C(=O)OCc2ccccc2)ccc2ccccc12. The highest BCUT2D eigenvalue weighted by Crippen LogP contribution is 2.48. The van der Waals surface area contributed by atoms with Gasteiger partial charge in [0, 0.05) is 24.0 Å². The number of carbonyl (C=O) groups excluding carboxylic acids is 1. The van der Waals surface area contributed by atoms with Gasteiger partial charge in [0.15, 0.2) is 0 Å². The van der Waals surface area contributed by atoms with Crippen LogP contribution in [0.4, 0.5) is 0 Å². The van der Waals surface area contributed by atoms with E-state index in [-0.39, 0.29) is 18.9 Å². The van der Waals surface area contributed by atoms with Crippen molar-refractivity contribution in [2.75, 3.05) is 14.2 Å². The molecule has 35 heavy (non-hydrogen) atoms. The number of aliphatic hydroxyl groups excluding tert-OH is 1. The zero-order chi connectivity index (χ0) is 25.0. The Kier molecular flexibility index (Phi) is 7.75. The highest BCUT2D eigenvalue weighted by atomic mass is 16.5. The summed E-state index contributed by atoms with van der Waals surface area (Å²) in [4.78, 5) is 13.4. The van der Waals surface area contributed by atoms with Crippen molar-refractivity contribution >= 4 is 16.7 Å². The Hall–Kier alpha value is -2.93. The summed E-state index contributed by atoms with van der Waals surface area (Å²) in [5, 5.41) is 23.4. The van der Waals surface area contributed by atoms with Crippen LogP contribution < -0.4 is 4.74 Å². The first kappa shape index (κ1) is 25.2. The first-order valence-corrected chi connectivity index (χ1v) is 12.1. The van der Waals surface area contributed by atoms with Crippen molar-refractivity contribution in [1.82, 2.24) is 0 Å². The molecule has 0 saturated heterocycles. The quantitative estimate of drug-likeness (QED) is 0.452. The Morgan fingerprint density at radius 2 is 1.77 bits per heavy atom. The van der Waals surface area contributed by atoms with E-state index in [4.69, 9.17) is 14.2 Å². The summed E-state index contributed by atoms with van der Waals surface area (Å²) >= 11 is 0. The Balaban J connectivity index is 1.68. The minimum atomic E-state index is -1.36. The molecule has 3 aromatic rings. The van der Waals surface area contributed by atoms with Crippen molar-refractivity contribution in [2.45, 2.75) is 50.6 Å². The van der Waals surface area contributed by atoms with E-state index in [0.717, 1.165) is 21.9 Å². The van der Waals surface area contributed by atoms with E-state index in [9.17, 15) is 15.0 Å². The predicted molar refractivity (Wildman–Crippen MR) is 134 cm³/mol. The first-order chi connectivity index (χ1) is 16.9. The summed E-state index contributed by atoms with van der Waals surface area (Å²) in [6.45, 7) is 1.71. The van der Waals surface area contributed by atoms with Crippen LogP contribution >= 0.6 is 0 Å². The summed E-state index contributed by atoms with van der Waals surface area (Å²) < 4.78 is 17.5. The van der Waals surface area contributed by atoms with Gasteiger partial charge in [0.25, 0.3) is 0 Å². The molecular formula is C29H34O6. The van der Waals surface area contributed by atoms with Crippen LogP contribution in [0.1, 0.15) is 43.4 Å². The predicted octanol–water partition coefficient (Wildman–Crippen LogP) is 4.81. The number of methoxy groups -OCH3 is 2.